The molecule has 1 nitrogen and oxygen atoms in total. The van der Waals surface area contributed by atoms with Crippen LogP contribution in [0.4, 0.5) is 0 Å². The number of ether oxygens (including phenoxy) is 1. The largest absolute Gasteiger partial charge is 0.457 e. The second-order valence-corrected chi connectivity index (χ2v) is 6.66. The van der Waals surface area contributed by atoms with Crippen molar-refractivity contribution >= 4 is 27.7 Å². The molecule has 1 radical (unpaired) electrons. The summed E-state index contributed by atoms with van der Waals surface area (Å²) in [7, 11) is 0. The van der Waals surface area contributed by atoms with E-state index in [-0.39, 0.29) is 0 Å². The van der Waals surface area contributed by atoms with Gasteiger partial charge in [-0.15, -0.1) is 11.8 Å². The van der Waals surface area contributed by atoms with E-state index >= 15 is 0 Å². The maximum absolute atomic E-state index is 5.99. The number of hydrogen-bond donors (Lipinski definition) is 0. The lowest BCUT2D eigenvalue weighted by atomic mass is 10.2. The molecule has 0 spiro atoms. The Balaban J connectivity index is 1.79. The zero-order valence-corrected chi connectivity index (χ0v) is 14.2. The molecular formula is C19H14BrOS. The third-order valence-corrected chi connectivity index (χ3v) is 4.62. The summed E-state index contributed by atoms with van der Waals surface area (Å²) in [5, 5.41) is 0. The summed E-state index contributed by atoms with van der Waals surface area (Å²) in [6.45, 7) is 0. The molecule has 22 heavy (non-hydrogen) atoms. The predicted octanol–water partition coefficient (Wildman–Crippen LogP) is 6.33. The number of thioether (sulfide) groups is 1. The zero-order valence-electron chi connectivity index (χ0n) is 11.8. The van der Waals surface area contributed by atoms with Gasteiger partial charge in [-0.3, -0.25) is 0 Å². The van der Waals surface area contributed by atoms with Crippen LogP contribution >= 0.6 is 27.7 Å². The molecule has 0 saturated carbocycles. The topological polar surface area (TPSA) is 9.23 Å². The fourth-order valence-corrected chi connectivity index (χ4v) is 3.31. The molecule has 3 aromatic carbocycles. The molecule has 0 saturated heterocycles. The molecule has 0 aromatic heterocycles. The molecule has 109 valence electrons. The molecular weight excluding hydrogens is 356 g/mol. The highest BCUT2D eigenvalue weighted by Crippen LogP contribution is 2.32. The maximum atomic E-state index is 5.99. The molecule has 0 amide bonds. The predicted molar refractivity (Wildman–Crippen MR) is 95.5 cm³/mol. The lowest BCUT2D eigenvalue weighted by Gasteiger charge is -2.11. The van der Waals surface area contributed by atoms with Crippen LogP contribution in [0.5, 0.6) is 11.5 Å². The Morgan fingerprint density at radius 2 is 1.86 bits per heavy atom. The van der Waals surface area contributed by atoms with Crippen LogP contribution in [0.25, 0.3) is 0 Å². The van der Waals surface area contributed by atoms with Crippen molar-refractivity contribution in [2.75, 3.05) is 0 Å². The van der Waals surface area contributed by atoms with Crippen molar-refractivity contribution < 1.29 is 4.74 Å². The van der Waals surface area contributed by atoms with Gasteiger partial charge in [0.1, 0.15) is 11.5 Å². The van der Waals surface area contributed by atoms with Crippen LogP contribution in [0.15, 0.2) is 82.2 Å². The van der Waals surface area contributed by atoms with Crippen molar-refractivity contribution in [2.24, 2.45) is 0 Å². The van der Waals surface area contributed by atoms with Gasteiger partial charge in [-0.25, -0.2) is 0 Å². The van der Waals surface area contributed by atoms with E-state index in [1.54, 1.807) is 11.8 Å². The van der Waals surface area contributed by atoms with E-state index in [1.165, 1.54) is 4.90 Å². The van der Waals surface area contributed by atoms with Gasteiger partial charge in [-0.2, -0.15) is 0 Å². The lowest BCUT2D eigenvalue weighted by Crippen LogP contribution is -1.90. The highest BCUT2D eigenvalue weighted by Gasteiger charge is 2.07. The monoisotopic (exact) mass is 369 g/mol. The third kappa shape index (κ3) is 4.15. The van der Waals surface area contributed by atoms with Gasteiger partial charge in [0.05, 0.1) is 0 Å². The Labute approximate surface area is 143 Å². The van der Waals surface area contributed by atoms with Crippen LogP contribution in [-0.2, 0) is 5.75 Å². The summed E-state index contributed by atoms with van der Waals surface area (Å²) in [4.78, 5) is 1.25. The van der Waals surface area contributed by atoms with Crippen molar-refractivity contribution in [3.63, 3.8) is 0 Å². The van der Waals surface area contributed by atoms with Crippen LogP contribution in [0, 0.1) is 6.07 Å². The molecule has 3 aromatic rings. The minimum absolute atomic E-state index is 0.802. The van der Waals surface area contributed by atoms with Crippen molar-refractivity contribution in [3.8, 4) is 11.5 Å². The summed E-state index contributed by atoms with van der Waals surface area (Å²) >= 11 is 5.34. The second-order valence-electron chi connectivity index (χ2n) is 4.69. The zero-order chi connectivity index (χ0) is 15.2. The summed E-state index contributed by atoms with van der Waals surface area (Å²) < 4.78 is 7.05. The fourth-order valence-electron chi connectivity index (χ4n) is 2.01. The van der Waals surface area contributed by atoms with E-state index in [9.17, 15) is 0 Å². The third-order valence-electron chi connectivity index (χ3n) is 3.07. The van der Waals surface area contributed by atoms with Crippen LogP contribution in [0.1, 0.15) is 5.56 Å². The molecule has 0 fully saturated rings. The van der Waals surface area contributed by atoms with Gasteiger partial charge >= 0.3 is 0 Å². The number of hydrogen-bond acceptors (Lipinski definition) is 2. The molecule has 0 bridgehead atoms. The smallest absolute Gasteiger partial charge is 0.131 e. The number of rotatable bonds is 5. The van der Waals surface area contributed by atoms with Gasteiger partial charge in [-0.1, -0.05) is 46.3 Å². The van der Waals surface area contributed by atoms with E-state index in [2.05, 4.69) is 52.3 Å². The summed E-state index contributed by atoms with van der Waals surface area (Å²) in [5.41, 5.74) is 1.16. The van der Waals surface area contributed by atoms with Gasteiger partial charge < -0.3 is 4.74 Å². The standard InChI is InChI=1S/C19H14BrOS/c20-16-11-12-19(21-17-7-3-1-4-8-17)15(13-16)14-22-18-9-5-2-6-10-18/h1-3,5-13H,14H2. The average molecular weight is 370 g/mol. The summed E-state index contributed by atoms with van der Waals surface area (Å²) in [5.74, 6) is 2.54. The van der Waals surface area contributed by atoms with Gasteiger partial charge in [0.15, 0.2) is 0 Å². The average Bonchev–Trinajstić information content (AvgIpc) is 2.57. The van der Waals surface area contributed by atoms with Crippen LogP contribution in [-0.4, -0.2) is 0 Å². The quantitative estimate of drug-likeness (QED) is 0.485. The molecule has 3 heteroatoms. The molecule has 0 N–H and O–H groups in total. The van der Waals surface area contributed by atoms with E-state index in [0.717, 1.165) is 27.3 Å². The molecule has 3 rings (SSSR count). The van der Waals surface area contributed by atoms with E-state index in [0.29, 0.717) is 0 Å². The number of benzene rings is 3. The fraction of sp³-hybridized carbons (Fsp3) is 0.0526. The highest BCUT2D eigenvalue weighted by molar-refractivity contribution is 9.10. The van der Waals surface area contributed by atoms with E-state index < -0.39 is 0 Å². The van der Waals surface area contributed by atoms with Crippen molar-refractivity contribution in [1.29, 1.82) is 0 Å². The second kappa shape index (κ2) is 7.52. The first kappa shape index (κ1) is 15.2. The normalized spacial score (nSPS) is 10.4. The molecule has 0 atom stereocenters. The lowest BCUT2D eigenvalue weighted by molar-refractivity contribution is 0.478. The van der Waals surface area contributed by atoms with Crippen LogP contribution < -0.4 is 4.74 Å². The Morgan fingerprint density at radius 1 is 1.00 bits per heavy atom. The number of halogens is 1. The molecule has 0 aliphatic rings. The Hall–Kier alpha value is -1.71. The Kier molecular flexibility index (Phi) is 5.20. The van der Waals surface area contributed by atoms with Crippen LogP contribution in [0.2, 0.25) is 0 Å². The molecule has 0 aliphatic carbocycles. The molecule has 0 aliphatic heterocycles. The van der Waals surface area contributed by atoms with Crippen molar-refractivity contribution in [2.45, 2.75) is 10.6 Å². The minimum atomic E-state index is 0.802. The first-order chi connectivity index (χ1) is 10.8. The van der Waals surface area contributed by atoms with Crippen LogP contribution in [0.3, 0.4) is 0 Å². The van der Waals surface area contributed by atoms with Gasteiger partial charge in [-0.05, 0) is 48.5 Å². The van der Waals surface area contributed by atoms with Gasteiger partial charge in [0, 0.05) is 20.7 Å². The minimum Gasteiger partial charge on any atom is -0.457 e. The summed E-state index contributed by atoms with van der Waals surface area (Å²) in [6, 6.07) is 27.1. The molecule has 0 unspecified atom stereocenters. The van der Waals surface area contributed by atoms with Crippen molar-refractivity contribution in [1.82, 2.24) is 0 Å². The first-order valence-corrected chi connectivity index (χ1v) is 8.69. The SMILES string of the molecule is Brc1ccc(Oc2c[c]ccc2)c(CSc2ccccc2)c1. The van der Waals surface area contributed by atoms with Gasteiger partial charge in [0.25, 0.3) is 0 Å². The van der Waals surface area contributed by atoms with Crippen molar-refractivity contribution in [3.05, 3.63) is 88.9 Å². The maximum Gasteiger partial charge on any atom is 0.131 e. The van der Waals surface area contributed by atoms with Gasteiger partial charge in [0.2, 0.25) is 0 Å². The highest BCUT2D eigenvalue weighted by atomic mass is 79.9. The Morgan fingerprint density at radius 3 is 2.64 bits per heavy atom. The first-order valence-electron chi connectivity index (χ1n) is 6.91. The van der Waals surface area contributed by atoms with E-state index in [1.807, 2.05) is 42.5 Å². The summed E-state index contributed by atoms with van der Waals surface area (Å²) in [6.07, 6.45) is 0. The molecule has 0 heterocycles. The van der Waals surface area contributed by atoms with E-state index in [4.69, 9.17) is 4.74 Å². The Bertz CT molecular complexity index is 729.